The molecule has 0 bridgehead atoms. The predicted octanol–water partition coefficient (Wildman–Crippen LogP) is 2.44. The lowest BCUT2D eigenvalue weighted by molar-refractivity contribution is -0.142. The highest BCUT2D eigenvalue weighted by molar-refractivity contribution is 5.77. The zero-order valence-electron chi connectivity index (χ0n) is 15.0. The summed E-state index contributed by atoms with van der Waals surface area (Å²) in [5.41, 5.74) is 0.781. The summed E-state index contributed by atoms with van der Waals surface area (Å²) in [6.45, 7) is 7.16. The van der Waals surface area contributed by atoms with Crippen molar-refractivity contribution in [1.29, 1.82) is 0 Å². The lowest BCUT2D eigenvalue weighted by atomic mass is 10.1. The topological polar surface area (TPSA) is 65.1 Å². The first kappa shape index (κ1) is 19.8. The number of carbonyl (C=O) groups excluding carboxylic acids is 2. The van der Waals surface area contributed by atoms with Gasteiger partial charge in [-0.25, -0.2) is 0 Å². The largest absolute Gasteiger partial charge is 0.490 e. The number of nitrogens with zero attached hydrogens (tertiary/aromatic N) is 1. The van der Waals surface area contributed by atoms with Crippen LogP contribution in [0, 0.1) is 0 Å². The number of likely N-dealkylation sites (N-methyl/N-ethyl adjacent to an activating group) is 1. The van der Waals surface area contributed by atoms with Gasteiger partial charge < -0.3 is 19.1 Å². The smallest absolute Gasteiger partial charge is 0.310 e. The molecule has 1 aromatic carbocycles. The summed E-state index contributed by atoms with van der Waals surface area (Å²) < 4.78 is 16.2. The molecule has 0 spiro atoms. The minimum atomic E-state index is -0.271. The van der Waals surface area contributed by atoms with Gasteiger partial charge in [-0.1, -0.05) is 13.0 Å². The fraction of sp³-hybridized carbons (Fsp3) is 0.556. The third-order valence-electron chi connectivity index (χ3n) is 3.37. The minimum Gasteiger partial charge on any atom is -0.490 e. The second-order valence-electron chi connectivity index (χ2n) is 5.31. The van der Waals surface area contributed by atoms with Crippen molar-refractivity contribution in [2.75, 3.05) is 33.4 Å². The van der Waals surface area contributed by atoms with E-state index in [9.17, 15) is 9.59 Å². The fourth-order valence-electron chi connectivity index (χ4n) is 1.91. The van der Waals surface area contributed by atoms with Crippen molar-refractivity contribution in [3.8, 4) is 11.5 Å². The first-order chi connectivity index (χ1) is 11.5. The van der Waals surface area contributed by atoms with Crippen molar-refractivity contribution in [3.63, 3.8) is 0 Å². The van der Waals surface area contributed by atoms with Crippen LogP contribution in [0.15, 0.2) is 18.2 Å². The van der Waals surface area contributed by atoms with Crippen LogP contribution in [-0.2, 0) is 20.7 Å². The van der Waals surface area contributed by atoms with Crippen LogP contribution < -0.4 is 9.47 Å². The minimum absolute atomic E-state index is 0.0533. The SMILES string of the molecule is CCCOC(=O)Cc1ccc(OCC(=O)N(C)CC)c(OCC)c1. The zero-order valence-corrected chi connectivity index (χ0v) is 15.0. The molecule has 1 rings (SSSR count). The van der Waals surface area contributed by atoms with Gasteiger partial charge in [0.25, 0.3) is 5.91 Å². The molecule has 0 unspecified atom stereocenters. The van der Waals surface area contributed by atoms with Crippen molar-refractivity contribution in [1.82, 2.24) is 4.90 Å². The quantitative estimate of drug-likeness (QED) is 0.614. The average Bonchev–Trinajstić information content (AvgIpc) is 2.58. The molecule has 0 atom stereocenters. The first-order valence-electron chi connectivity index (χ1n) is 8.29. The number of amides is 1. The van der Waals surface area contributed by atoms with E-state index in [0.717, 1.165) is 12.0 Å². The van der Waals surface area contributed by atoms with Crippen LogP contribution in [0.25, 0.3) is 0 Å². The third-order valence-corrected chi connectivity index (χ3v) is 3.37. The fourth-order valence-corrected chi connectivity index (χ4v) is 1.91. The molecule has 0 heterocycles. The van der Waals surface area contributed by atoms with E-state index >= 15 is 0 Å². The molecule has 6 heteroatoms. The molecule has 134 valence electrons. The van der Waals surface area contributed by atoms with Crippen molar-refractivity contribution in [2.24, 2.45) is 0 Å². The summed E-state index contributed by atoms with van der Waals surface area (Å²) in [7, 11) is 1.72. The highest BCUT2D eigenvalue weighted by atomic mass is 16.5. The third kappa shape index (κ3) is 6.48. The summed E-state index contributed by atoms with van der Waals surface area (Å²) in [5.74, 6) is 0.630. The van der Waals surface area contributed by atoms with Crippen LogP contribution in [0.2, 0.25) is 0 Å². The molecular formula is C18H27NO5. The Hall–Kier alpha value is -2.24. The van der Waals surface area contributed by atoms with Crippen molar-refractivity contribution in [2.45, 2.75) is 33.6 Å². The van der Waals surface area contributed by atoms with Gasteiger partial charge in [0, 0.05) is 13.6 Å². The molecule has 1 aromatic rings. The van der Waals surface area contributed by atoms with Gasteiger partial charge in [-0.2, -0.15) is 0 Å². The van der Waals surface area contributed by atoms with Gasteiger partial charge >= 0.3 is 5.97 Å². The summed E-state index contributed by atoms with van der Waals surface area (Å²) in [4.78, 5) is 25.1. The van der Waals surface area contributed by atoms with Crippen LogP contribution in [-0.4, -0.2) is 50.2 Å². The van der Waals surface area contributed by atoms with E-state index < -0.39 is 0 Å². The Balaban J connectivity index is 2.75. The van der Waals surface area contributed by atoms with Crippen LogP contribution in [0.5, 0.6) is 11.5 Å². The highest BCUT2D eigenvalue weighted by Gasteiger charge is 2.13. The molecule has 0 aromatic heterocycles. The maximum atomic E-state index is 11.8. The van der Waals surface area contributed by atoms with Crippen LogP contribution >= 0.6 is 0 Å². The Morgan fingerprint density at radius 2 is 1.83 bits per heavy atom. The number of rotatable bonds is 10. The van der Waals surface area contributed by atoms with E-state index in [1.54, 1.807) is 30.1 Å². The van der Waals surface area contributed by atoms with Gasteiger partial charge in [-0.15, -0.1) is 0 Å². The molecule has 0 aliphatic rings. The molecule has 0 aliphatic carbocycles. The van der Waals surface area contributed by atoms with Gasteiger partial charge in [0.15, 0.2) is 18.1 Å². The van der Waals surface area contributed by atoms with E-state index in [-0.39, 0.29) is 24.9 Å². The maximum absolute atomic E-state index is 11.8. The van der Waals surface area contributed by atoms with Crippen molar-refractivity contribution in [3.05, 3.63) is 23.8 Å². The predicted molar refractivity (Wildman–Crippen MR) is 91.4 cm³/mol. The molecule has 0 fully saturated rings. The van der Waals surface area contributed by atoms with Crippen LogP contribution in [0.3, 0.4) is 0 Å². The van der Waals surface area contributed by atoms with Gasteiger partial charge in [-0.05, 0) is 38.0 Å². The Morgan fingerprint density at radius 3 is 2.46 bits per heavy atom. The summed E-state index contributed by atoms with van der Waals surface area (Å²) in [6.07, 6.45) is 0.973. The maximum Gasteiger partial charge on any atom is 0.310 e. The summed E-state index contributed by atoms with van der Waals surface area (Å²) in [5, 5.41) is 0. The summed E-state index contributed by atoms with van der Waals surface area (Å²) >= 11 is 0. The second-order valence-corrected chi connectivity index (χ2v) is 5.31. The molecule has 0 radical (unpaired) electrons. The zero-order chi connectivity index (χ0) is 17.9. The van der Waals surface area contributed by atoms with E-state index in [4.69, 9.17) is 14.2 Å². The first-order valence-corrected chi connectivity index (χ1v) is 8.29. The number of hydrogen-bond acceptors (Lipinski definition) is 5. The standard InChI is InChI=1S/C18H27NO5/c1-5-10-23-18(21)12-14-8-9-15(16(11-14)22-7-3)24-13-17(20)19(4)6-2/h8-9,11H,5-7,10,12-13H2,1-4H3. The highest BCUT2D eigenvalue weighted by Crippen LogP contribution is 2.29. The average molecular weight is 337 g/mol. The molecule has 0 N–H and O–H groups in total. The molecule has 0 aliphatic heterocycles. The Kier molecular flexibility index (Phi) is 8.68. The molecule has 0 saturated heterocycles. The second kappa shape index (κ2) is 10.5. The van der Waals surface area contributed by atoms with Crippen molar-refractivity contribution < 1.29 is 23.8 Å². The van der Waals surface area contributed by atoms with Gasteiger partial charge in [-0.3, -0.25) is 9.59 Å². The van der Waals surface area contributed by atoms with Gasteiger partial charge in [0.1, 0.15) is 0 Å². The van der Waals surface area contributed by atoms with Crippen LogP contribution in [0.4, 0.5) is 0 Å². The summed E-state index contributed by atoms with van der Waals surface area (Å²) in [6, 6.07) is 5.24. The lowest BCUT2D eigenvalue weighted by Crippen LogP contribution is -2.31. The van der Waals surface area contributed by atoms with Crippen LogP contribution in [0.1, 0.15) is 32.8 Å². The number of carbonyl (C=O) groups is 2. The lowest BCUT2D eigenvalue weighted by Gasteiger charge is -2.17. The van der Waals surface area contributed by atoms with E-state index in [0.29, 0.717) is 31.3 Å². The van der Waals surface area contributed by atoms with Gasteiger partial charge in [0.05, 0.1) is 19.6 Å². The number of esters is 1. The van der Waals surface area contributed by atoms with Gasteiger partial charge in [0.2, 0.25) is 0 Å². The molecule has 24 heavy (non-hydrogen) atoms. The Bertz CT molecular complexity index is 544. The normalized spacial score (nSPS) is 10.2. The Morgan fingerprint density at radius 1 is 1.08 bits per heavy atom. The van der Waals surface area contributed by atoms with Crippen molar-refractivity contribution >= 4 is 11.9 Å². The number of ether oxygens (including phenoxy) is 3. The van der Waals surface area contributed by atoms with E-state index in [1.165, 1.54) is 0 Å². The van der Waals surface area contributed by atoms with E-state index in [2.05, 4.69) is 0 Å². The monoisotopic (exact) mass is 337 g/mol. The molecule has 6 nitrogen and oxygen atoms in total. The molecule has 1 amide bonds. The molecule has 0 saturated carbocycles. The number of benzene rings is 1. The number of hydrogen-bond donors (Lipinski definition) is 0. The Labute approximate surface area is 143 Å². The molecular weight excluding hydrogens is 310 g/mol. The van der Waals surface area contributed by atoms with E-state index in [1.807, 2.05) is 20.8 Å².